The van der Waals surface area contributed by atoms with Gasteiger partial charge in [-0.3, -0.25) is 0 Å². The second kappa shape index (κ2) is 2.06. The molecule has 1 N–H and O–H groups in total. The monoisotopic (exact) mass is 168 g/mol. The van der Waals surface area contributed by atoms with Crippen LogP contribution in [0.25, 0.3) is 0 Å². The van der Waals surface area contributed by atoms with Gasteiger partial charge in [-0.25, -0.2) is 0 Å². The molecule has 3 saturated carbocycles. The summed E-state index contributed by atoms with van der Waals surface area (Å²) in [5.41, 5.74) is -0.00569. The second-order valence-electron chi connectivity index (χ2n) is 5.67. The molecule has 0 aromatic rings. The van der Waals surface area contributed by atoms with Gasteiger partial charge in [-0.1, -0.05) is 20.8 Å². The van der Waals surface area contributed by atoms with Crippen LogP contribution < -0.4 is 0 Å². The Morgan fingerprint density at radius 3 is 2.08 bits per heavy atom. The molecule has 0 heterocycles. The molecule has 0 aromatic carbocycles. The summed E-state index contributed by atoms with van der Waals surface area (Å²) in [6.07, 6.45) is 2.47. The molecule has 0 amide bonds. The van der Waals surface area contributed by atoms with Crippen molar-refractivity contribution in [3.8, 4) is 0 Å². The molecule has 12 heavy (non-hydrogen) atoms. The Balaban J connectivity index is 2.27. The first kappa shape index (κ1) is 8.55. The predicted molar refractivity (Wildman–Crippen MR) is 49.8 cm³/mol. The van der Waals surface area contributed by atoms with Crippen molar-refractivity contribution in [2.45, 2.75) is 46.1 Å². The number of hydrogen-bond acceptors (Lipinski definition) is 1. The lowest BCUT2D eigenvalue weighted by molar-refractivity contribution is -0.220. The van der Waals surface area contributed by atoms with Crippen LogP contribution >= 0.6 is 0 Å². The van der Waals surface area contributed by atoms with Crippen LogP contribution in [-0.4, -0.2) is 10.7 Å². The van der Waals surface area contributed by atoms with Gasteiger partial charge in [-0.05, 0) is 42.9 Å². The van der Waals surface area contributed by atoms with Gasteiger partial charge in [0.1, 0.15) is 0 Å². The fraction of sp³-hybridized carbons (Fsp3) is 1.00. The molecule has 0 saturated heterocycles. The Morgan fingerprint density at radius 1 is 1.17 bits per heavy atom. The van der Waals surface area contributed by atoms with Gasteiger partial charge in [0.25, 0.3) is 0 Å². The highest BCUT2D eigenvalue weighted by atomic mass is 16.3. The Labute approximate surface area is 75.2 Å². The normalized spacial score (nSPS) is 56.2. The average molecular weight is 168 g/mol. The summed E-state index contributed by atoms with van der Waals surface area (Å²) in [7, 11) is 0. The van der Waals surface area contributed by atoms with E-state index in [-0.39, 0.29) is 0 Å². The first-order valence-corrected chi connectivity index (χ1v) is 5.09. The van der Waals surface area contributed by atoms with Gasteiger partial charge in [-0.2, -0.15) is 0 Å². The van der Waals surface area contributed by atoms with E-state index in [0.717, 1.165) is 5.92 Å². The smallest absolute Gasteiger partial charge is 0.0678 e. The molecule has 2 bridgehead atoms. The Hall–Kier alpha value is -0.0400. The molecule has 0 aliphatic heterocycles. The first-order valence-electron chi connectivity index (χ1n) is 5.09. The molecule has 3 aliphatic rings. The van der Waals surface area contributed by atoms with E-state index in [1.807, 2.05) is 6.92 Å². The second-order valence-corrected chi connectivity index (χ2v) is 5.67. The SMILES string of the molecule is CC1C[C@@H]2C[C@@H](C2(C)C)[C@]1(C)O. The minimum Gasteiger partial charge on any atom is -0.390 e. The maximum Gasteiger partial charge on any atom is 0.0678 e. The quantitative estimate of drug-likeness (QED) is 0.589. The summed E-state index contributed by atoms with van der Waals surface area (Å²) >= 11 is 0. The zero-order valence-corrected chi connectivity index (χ0v) is 8.59. The maximum atomic E-state index is 10.3. The van der Waals surface area contributed by atoms with Crippen LogP contribution in [0, 0.1) is 23.2 Å². The van der Waals surface area contributed by atoms with Crippen molar-refractivity contribution in [1.29, 1.82) is 0 Å². The molecule has 4 atom stereocenters. The summed E-state index contributed by atoms with van der Waals surface area (Å²) in [5.74, 6) is 1.91. The minimum atomic E-state index is -0.405. The van der Waals surface area contributed by atoms with E-state index in [4.69, 9.17) is 0 Å². The van der Waals surface area contributed by atoms with Crippen molar-refractivity contribution in [3.05, 3.63) is 0 Å². The van der Waals surface area contributed by atoms with Crippen molar-refractivity contribution in [3.63, 3.8) is 0 Å². The average Bonchev–Trinajstić information content (AvgIpc) is 1.93. The lowest BCUT2D eigenvalue weighted by Crippen LogP contribution is -2.63. The molecule has 0 spiro atoms. The highest BCUT2D eigenvalue weighted by Crippen LogP contribution is 2.64. The lowest BCUT2D eigenvalue weighted by Gasteiger charge is -2.65. The van der Waals surface area contributed by atoms with E-state index in [2.05, 4.69) is 20.8 Å². The summed E-state index contributed by atoms with van der Waals surface area (Å²) < 4.78 is 0. The predicted octanol–water partition coefficient (Wildman–Crippen LogP) is 2.44. The molecular weight excluding hydrogens is 148 g/mol. The Bertz CT molecular complexity index is 205. The van der Waals surface area contributed by atoms with Crippen LogP contribution in [0.1, 0.15) is 40.5 Å². The number of rotatable bonds is 0. The van der Waals surface area contributed by atoms with Gasteiger partial charge >= 0.3 is 0 Å². The number of hydrogen-bond donors (Lipinski definition) is 1. The summed E-state index contributed by atoms with van der Waals surface area (Å²) in [6, 6.07) is 0. The molecular formula is C11H20O. The fourth-order valence-electron chi connectivity index (χ4n) is 3.42. The molecule has 3 rings (SSSR count). The van der Waals surface area contributed by atoms with E-state index in [1.54, 1.807) is 0 Å². The van der Waals surface area contributed by atoms with E-state index < -0.39 is 5.60 Å². The van der Waals surface area contributed by atoms with Gasteiger partial charge < -0.3 is 5.11 Å². The molecule has 0 aromatic heterocycles. The third-order valence-corrected chi connectivity index (χ3v) is 4.81. The summed E-state index contributed by atoms with van der Waals surface area (Å²) in [5, 5.41) is 10.3. The van der Waals surface area contributed by atoms with Gasteiger partial charge in [0, 0.05) is 0 Å². The highest BCUT2D eigenvalue weighted by Gasteiger charge is 2.61. The van der Waals surface area contributed by atoms with Crippen LogP contribution in [0.3, 0.4) is 0 Å². The van der Waals surface area contributed by atoms with Crippen LogP contribution in [-0.2, 0) is 0 Å². The van der Waals surface area contributed by atoms with E-state index in [0.29, 0.717) is 17.3 Å². The van der Waals surface area contributed by atoms with Crippen molar-refractivity contribution in [1.82, 2.24) is 0 Å². The zero-order chi connectivity index (χ0) is 9.15. The highest BCUT2D eigenvalue weighted by molar-refractivity contribution is 5.10. The number of aliphatic hydroxyl groups is 1. The van der Waals surface area contributed by atoms with Gasteiger partial charge in [0.2, 0.25) is 0 Å². The summed E-state index contributed by atoms with van der Waals surface area (Å²) in [6.45, 7) is 8.84. The van der Waals surface area contributed by atoms with Crippen LogP contribution in [0.15, 0.2) is 0 Å². The van der Waals surface area contributed by atoms with Crippen molar-refractivity contribution >= 4 is 0 Å². The topological polar surface area (TPSA) is 20.2 Å². The standard InChI is InChI=1S/C11H20O/c1-7-5-8-6-9(10(8,2)3)11(7,4)12/h7-9,12H,5-6H2,1-4H3/t7?,8-,9+,11-/m1/s1. The van der Waals surface area contributed by atoms with Gasteiger partial charge in [0.05, 0.1) is 5.60 Å². The number of fused-ring (bicyclic) bond motifs is 2. The molecule has 0 radical (unpaired) electrons. The van der Waals surface area contributed by atoms with Crippen molar-refractivity contribution in [2.24, 2.45) is 23.2 Å². The van der Waals surface area contributed by atoms with E-state index in [1.165, 1.54) is 12.8 Å². The molecule has 3 aliphatic carbocycles. The molecule has 1 unspecified atom stereocenters. The minimum absolute atomic E-state index is 0.399. The van der Waals surface area contributed by atoms with Crippen molar-refractivity contribution < 1.29 is 5.11 Å². The van der Waals surface area contributed by atoms with Crippen LogP contribution in [0.4, 0.5) is 0 Å². The van der Waals surface area contributed by atoms with Crippen molar-refractivity contribution in [2.75, 3.05) is 0 Å². The van der Waals surface area contributed by atoms with Crippen LogP contribution in [0.5, 0.6) is 0 Å². The Morgan fingerprint density at radius 2 is 1.75 bits per heavy atom. The van der Waals surface area contributed by atoms with E-state index >= 15 is 0 Å². The maximum absolute atomic E-state index is 10.3. The van der Waals surface area contributed by atoms with Gasteiger partial charge in [-0.15, -0.1) is 0 Å². The molecule has 70 valence electrons. The molecule has 3 fully saturated rings. The molecule has 1 heteroatoms. The Kier molecular flexibility index (Phi) is 1.47. The van der Waals surface area contributed by atoms with E-state index in [9.17, 15) is 5.11 Å². The lowest BCUT2D eigenvalue weighted by atomic mass is 9.42. The zero-order valence-electron chi connectivity index (χ0n) is 8.59. The third-order valence-electron chi connectivity index (χ3n) is 4.81. The molecule has 1 nitrogen and oxygen atoms in total. The third kappa shape index (κ3) is 0.783. The first-order chi connectivity index (χ1) is 5.37. The fourth-order valence-corrected chi connectivity index (χ4v) is 3.42. The van der Waals surface area contributed by atoms with Gasteiger partial charge in [0.15, 0.2) is 0 Å². The largest absolute Gasteiger partial charge is 0.390 e. The van der Waals surface area contributed by atoms with Crippen LogP contribution in [0.2, 0.25) is 0 Å². The summed E-state index contributed by atoms with van der Waals surface area (Å²) in [4.78, 5) is 0.